The van der Waals surface area contributed by atoms with Gasteiger partial charge in [0.05, 0.1) is 5.52 Å². The average Bonchev–Trinajstić information content (AvgIpc) is 3.07. The second-order valence-corrected chi connectivity index (χ2v) is 9.25. The normalized spacial score (nSPS) is 10.1. The van der Waals surface area contributed by atoms with Crippen LogP contribution in [0.15, 0.2) is 152 Å². The Bertz CT molecular complexity index is 1840. The van der Waals surface area contributed by atoms with E-state index in [9.17, 15) is 15.3 Å². The van der Waals surface area contributed by atoms with Crippen LogP contribution in [0.25, 0.3) is 43.6 Å². The lowest BCUT2D eigenvalue weighted by atomic mass is 10.2. The molecular formula is C36H28N4O3. The lowest BCUT2D eigenvalue weighted by Gasteiger charge is -1.96. The lowest BCUT2D eigenvalue weighted by Crippen LogP contribution is -1.76. The number of pyridine rings is 4. The summed E-state index contributed by atoms with van der Waals surface area (Å²) in [5, 5.41) is 32.0. The van der Waals surface area contributed by atoms with Crippen molar-refractivity contribution in [1.29, 1.82) is 0 Å². The maximum atomic E-state index is 9.31. The van der Waals surface area contributed by atoms with E-state index >= 15 is 0 Å². The van der Waals surface area contributed by atoms with Gasteiger partial charge in [0.1, 0.15) is 33.8 Å². The standard InChI is InChI=1S/3C9H7NO.C9H7N/c3*11-8-5-1-3-7-4-2-6-10-9(7)8;1-2-6-9-8(4-1)5-3-7-10-9/h3*1-6,11H;1-7H. The molecule has 4 heterocycles. The Labute approximate surface area is 248 Å². The average molecular weight is 565 g/mol. The molecule has 0 atom stereocenters. The van der Waals surface area contributed by atoms with E-state index in [0.717, 1.165) is 21.7 Å². The van der Waals surface area contributed by atoms with Gasteiger partial charge < -0.3 is 15.3 Å². The number of phenolic OH excluding ortho intramolecular Hbond substituents is 3. The van der Waals surface area contributed by atoms with E-state index in [0.29, 0.717) is 16.6 Å². The summed E-state index contributed by atoms with van der Waals surface area (Å²) >= 11 is 0. The number of rotatable bonds is 0. The largest absolute Gasteiger partial charge is 0.506 e. The Hall–Kier alpha value is -6.08. The summed E-state index contributed by atoms with van der Waals surface area (Å²) in [6.45, 7) is 0. The molecule has 0 unspecified atom stereocenters. The van der Waals surface area contributed by atoms with Crippen molar-refractivity contribution in [2.24, 2.45) is 0 Å². The number of hydrogen-bond acceptors (Lipinski definition) is 7. The summed E-state index contributed by atoms with van der Waals surface area (Å²) < 4.78 is 0. The molecule has 0 saturated carbocycles. The highest BCUT2D eigenvalue weighted by Crippen LogP contribution is 2.22. The molecule has 0 spiro atoms. The van der Waals surface area contributed by atoms with E-state index in [1.165, 1.54) is 5.39 Å². The van der Waals surface area contributed by atoms with Crippen molar-refractivity contribution in [3.8, 4) is 17.2 Å². The maximum absolute atomic E-state index is 9.31. The van der Waals surface area contributed by atoms with Crippen molar-refractivity contribution in [3.63, 3.8) is 0 Å². The number of fused-ring (bicyclic) bond motifs is 4. The third kappa shape index (κ3) is 7.36. The minimum atomic E-state index is 0.239. The highest BCUT2D eigenvalue weighted by molar-refractivity contribution is 5.85. The van der Waals surface area contributed by atoms with E-state index in [4.69, 9.17) is 0 Å². The smallest absolute Gasteiger partial charge is 0.141 e. The van der Waals surface area contributed by atoms with Crippen LogP contribution in [0, 0.1) is 0 Å². The van der Waals surface area contributed by atoms with Gasteiger partial charge in [0.15, 0.2) is 0 Å². The summed E-state index contributed by atoms with van der Waals surface area (Å²) in [6, 6.07) is 39.5. The lowest BCUT2D eigenvalue weighted by molar-refractivity contribution is 0.480. The van der Waals surface area contributed by atoms with Crippen LogP contribution in [-0.2, 0) is 0 Å². The third-order valence-electron chi connectivity index (χ3n) is 6.35. The van der Waals surface area contributed by atoms with Gasteiger partial charge in [-0.05, 0) is 48.5 Å². The molecule has 8 rings (SSSR count). The Balaban J connectivity index is 0.000000114. The summed E-state index contributed by atoms with van der Waals surface area (Å²) in [4.78, 5) is 16.3. The Morgan fingerprint density at radius 1 is 0.302 bits per heavy atom. The molecule has 0 fully saturated rings. The van der Waals surface area contributed by atoms with Gasteiger partial charge in [0.2, 0.25) is 0 Å². The second-order valence-electron chi connectivity index (χ2n) is 9.25. The number of nitrogens with zero attached hydrogens (tertiary/aromatic N) is 4. The molecule has 7 nitrogen and oxygen atoms in total. The topological polar surface area (TPSA) is 112 Å². The minimum absolute atomic E-state index is 0.239. The predicted molar refractivity (Wildman–Crippen MR) is 172 cm³/mol. The van der Waals surface area contributed by atoms with Crippen molar-refractivity contribution in [2.75, 3.05) is 0 Å². The van der Waals surface area contributed by atoms with E-state index in [1.807, 2.05) is 85.1 Å². The van der Waals surface area contributed by atoms with Gasteiger partial charge >= 0.3 is 0 Å². The third-order valence-corrected chi connectivity index (χ3v) is 6.35. The Kier molecular flexibility index (Phi) is 9.27. The molecule has 0 amide bonds. The predicted octanol–water partition coefficient (Wildman–Crippen LogP) is 8.06. The molecule has 4 aromatic carbocycles. The van der Waals surface area contributed by atoms with Gasteiger partial charge in [-0.1, -0.05) is 78.9 Å². The zero-order valence-electron chi connectivity index (χ0n) is 23.1. The van der Waals surface area contributed by atoms with E-state index in [1.54, 1.807) is 55.0 Å². The first kappa shape index (κ1) is 28.4. The highest BCUT2D eigenvalue weighted by Gasteiger charge is 1.98. The van der Waals surface area contributed by atoms with Gasteiger partial charge in [0.25, 0.3) is 0 Å². The first-order valence-corrected chi connectivity index (χ1v) is 13.5. The summed E-state index contributed by atoms with van der Waals surface area (Å²) in [5.41, 5.74) is 3.05. The fraction of sp³-hybridized carbons (Fsp3) is 0. The first-order valence-electron chi connectivity index (χ1n) is 13.5. The number of aromatic nitrogens is 4. The number of para-hydroxylation sites is 4. The number of aromatic hydroxyl groups is 3. The van der Waals surface area contributed by atoms with E-state index in [2.05, 4.69) is 32.1 Å². The van der Waals surface area contributed by atoms with Crippen LogP contribution in [0.2, 0.25) is 0 Å². The van der Waals surface area contributed by atoms with Gasteiger partial charge in [-0.15, -0.1) is 0 Å². The van der Waals surface area contributed by atoms with Crippen molar-refractivity contribution in [2.45, 2.75) is 0 Å². The molecule has 0 radical (unpaired) electrons. The second kappa shape index (κ2) is 14.0. The molecule has 3 N–H and O–H groups in total. The number of phenols is 3. The first-order chi connectivity index (χ1) is 21.1. The molecule has 0 aliphatic rings. The van der Waals surface area contributed by atoms with E-state index < -0.39 is 0 Å². The molecule has 0 saturated heterocycles. The monoisotopic (exact) mass is 564 g/mol. The van der Waals surface area contributed by atoms with Crippen molar-refractivity contribution in [3.05, 3.63) is 152 Å². The molecule has 8 aromatic rings. The molecule has 0 aliphatic carbocycles. The Morgan fingerprint density at radius 2 is 0.628 bits per heavy atom. The molecular weight excluding hydrogens is 536 g/mol. The van der Waals surface area contributed by atoms with Crippen molar-refractivity contribution >= 4 is 43.6 Å². The zero-order chi connectivity index (χ0) is 29.9. The summed E-state index contributed by atoms with van der Waals surface area (Å²) in [6.07, 6.45) is 6.81. The van der Waals surface area contributed by atoms with Gasteiger partial charge in [-0.2, -0.15) is 0 Å². The fourth-order valence-corrected chi connectivity index (χ4v) is 4.28. The molecule has 0 bridgehead atoms. The number of hydrogen-bond donors (Lipinski definition) is 3. The summed E-state index contributed by atoms with van der Waals surface area (Å²) in [5.74, 6) is 0.717. The highest BCUT2D eigenvalue weighted by atomic mass is 16.3. The van der Waals surface area contributed by atoms with Crippen LogP contribution in [0.4, 0.5) is 0 Å². The minimum Gasteiger partial charge on any atom is -0.506 e. The Morgan fingerprint density at radius 3 is 1.02 bits per heavy atom. The molecule has 7 heteroatoms. The fourth-order valence-electron chi connectivity index (χ4n) is 4.28. The zero-order valence-corrected chi connectivity index (χ0v) is 23.1. The molecule has 43 heavy (non-hydrogen) atoms. The molecule has 4 aromatic heterocycles. The van der Waals surface area contributed by atoms with Crippen molar-refractivity contribution < 1.29 is 15.3 Å². The molecule has 0 aliphatic heterocycles. The van der Waals surface area contributed by atoms with Crippen LogP contribution >= 0.6 is 0 Å². The molecule has 210 valence electrons. The van der Waals surface area contributed by atoms with Gasteiger partial charge in [-0.3, -0.25) is 19.9 Å². The van der Waals surface area contributed by atoms with Crippen LogP contribution in [0.5, 0.6) is 17.2 Å². The van der Waals surface area contributed by atoms with Crippen LogP contribution < -0.4 is 0 Å². The van der Waals surface area contributed by atoms with Gasteiger partial charge in [-0.25, -0.2) is 0 Å². The maximum Gasteiger partial charge on any atom is 0.141 e. The van der Waals surface area contributed by atoms with Crippen LogP contribution in [-0.4, -0.2) is 35.3 Å². The van der Waals surface area contributed by atoms with Crippen LogP contribution in [0.3, 0.4) is 0 Å². The van der Waals surface area contributed by atoms with Gasteiger partial charge in [0, 0.05) is 46.3 Å². The summed E-state index contributed by atoms with van der Waals surface area (Å²) in [7, 11) is 0. The number of benzene rings is 4. The van der Waals surface area contributed by atoms with E-state index in [-0.39, 0.29) is 17.2 Å². The quantitative estimate of drug-likeness (QED) is 0.171. The van der Waals surface area contributed by atoms with Crippen molar-refractivity contribution in [1.82, 2.24) is 19.9 Å². The SMILES string of the molecule is Oc1cccc2cccnc12.Oc1cccc2cccnc12.Oc1cccc2cccnc12.c1ccc2ncccc2c1. The van der Waals surface area contributed by atoms with Crippen LogP contribution in [0.1, 0.15) is 0 Å².